The summed E-state index contributed by atoms with van der Waals surface area (Å²) in [6, 6.07) is 0. The molecule has 0 aromatic rings. The minimum atomic E-state index is -0.872. The summed E-state index contributed by atoms with van der Waals surface area (Å²) in [7, 11) is 0. The van der Waals surface area contributed by atoms with Crippen LogP contribution >= 0.6 is 0 Å². The zero-order valence-corrected chi connectivity index (χ0v) is 15.7. The second-order valence-electron chi connectivity index (χ2n) is 9.26. The average molecular weight is 350 g/mol. The molecular weight excluding hydrogens is 320 g/mol. The van der Waals surface area contributed by atoms with Gasteiger partial charge >= 0.3 is 12.1 Å². The molecule has 4 bridgehead atoms. The SMILES string of the molecule is CCC(C)(C(=O)OC1(C)C2CC3CC(C2)CC1C3)C1OC(=O)OC1C. The molecular formula is C20H30O5. The van der Waals surface area contributed by atoms with Gasteiger partial charge in [0.2, 0.25) is 0 Å². The van der Waals surface area contributed by atoms with E-state index in [1.54, 1.807) is 6.92 Å². The summed E-state index contributed by atoms with van der Waals surface area (Å²) >= 11 is 0. The Bertz CT molecular complexity index is 557. The highest BCUT2D eigenvalue weighted by Crippen LogP contribution is 2.60. The fourth-order valence-corrected chi connectivity index (χ4v) is 6.15. The zero-order valence-electron chi connectivity index (χ0n) is 15.7. The molecule has 5 nitrogen and oxygen atoms in total. The molecule has 5 rings (SSSR count). The van der Waals surface area contributed by atoms with Crippen molar-refractivity contribution in [1.82, 2.24) is 0 Å². The first-order chi connectivity index (χ1) is 11.8. The number of carbonyl (C=O) groups is 2. The number of hydrogen-bond acceptors (Lipinski definition) is 5. The molecule has 4 aliphatic carbocycles. The number of cyclic esters (lactones) is 2. The van der Waals surface area contributed by atoms with Gasteiger partial charge in [0.1, 0.15) is 17.1 Å². The topological polar surface area (TPSA) is 61.8 Å². The second kappa shape index (κ2) is 5.62. The average Bonchev–Trinajstić information content (AvgIpc) is 2.90. The van der Waals surface area contributed by atoms with Crippen LogP contribution in [0.5, 0.6) is 0 Å². The van der Waals surface area contributed by atoms with E-state index in [2.05, 4.69) is 6.92 Å². The number of rotatable bonds is 4. The number of carbonyl (C=O) groups excluding carboxylic acids is 2. The van der Waals surface area contributed by atoms with E-state index in [1.165, 1.54) is 32.1 Å². The molecule has 0 aromatic carbocycles. The van der Waals surface area contributed by atoms with Crippen molar-refractivity contribution in [3.8, 4) is 0 Å². The largest absolute Gasteiger partial charge is 0.509 e. The van der Waals surface area contributed by atoms with Crippen molar-refractivity contribution in [3.63, 3.8) is 0 Å². The molecule has 0 amide bonds. The smallest absolute Gasteiger partial charge is 0.458 e. The fraction of sp³-hybridized carbons (Fsp3) is 0.900. The van der Waals surface area contributed by atoms with Crippen molar-refractivity contribution in [1.29, 1.82) is 0 Å². The second-order valence-corrected chi connectivity index (χ2v) is 9.26. The van der Waals surface area contributed by atoms with Crippen LogP contribution in [0.25, 0.3) is 0 Å². The summed E-state index contributed by atoms with van der Waals surface area (Å²) in [6.45, 7) is 7.72. The lowest BCUT2D eigenvalue weighted by Gasteiger charge is -2.59. The Kier molecular flexibility index (Phi) is 3.86. The molecule has 1 saturated heterocycles. The van der Waals surface area contributed by atoms with Crippen molar-refractivity contribution in [3.05, 3.63) is 0 Å². The maximum atomic E-state index is 13.3. The summed E-state index contributed by atoms with van der Waals surface area (Å²) in [5.41, 5.74) is -1.24. The van der Waals surface area contributed by atoms with Crippen molar-refractivity contribution in [2.24, 2.45) is 29.1 Å². The monoisotopic (exact) mass is 350 g/mol. The highest BCUT2D eigenvalue weighted by atomic mass is 16.8. The molecule has 3 atom stereocenters. The highest BCUT2D eigenvalue weighted by Gasteiger charge is 2.59. The maximum Gasteiger partial charge on any atom is 0.509 e. The lowest BCUT2D eigenvalue weighted by molar-refractivity contribution is -0.216. The molecule has 4 saturated carbocycles. The summed E-state index contributed by atoms with van der Waals surface area (Å²) < 4.78 is 16.7. The quantitative estimate of drug-likeness (QED) is 0.715. The first-order valence-electron chi connectivity index (χ1n) is 9.87. The predicted octanol–water partition coefficient (Wildman–Crippen LogP) is 4.08. The van der Waals surface area contributed by atoms with Crippen molar-refractivity contribution >= 4 is 12.1 Å². The summed E-state index contributed by atoms with van der Waals surface area (Å²) in [6.07, 6.45) is 4.98. The Labute approximate surface area is 149 Å². The third-order valence-electron chi connectivity index (χ3n) is 7.83. The molecule has 0 radical (unpaired) electrons. The van der Waals surface area contributed by atoms with Crippen LogP contribution in [-0.4, -0.2) is 29.9 Å². The fourth-order valence-electron chi connectivity index (χ4n) is 6.15. The van der Waals surface area contributed by atoms with Gasteiger partial charge in [0.25, 0.3) is 0 Å². The van der Waals surface area contributed by atoms with Crippen molar-refractivity contribution in [2.75, 3.05) is 0 Å². The third kappa shape index (κ3) is 2.48. The number of ether oxygens (including phenoxy) is 3. The van der Waals surface area contributed by atoms with E-state index in [0.717, 1.165) is 11.8 Å². The lowest BCUT2D eigenvalue weighted by atomic mass is 9.50. The molecule has 0 spiro atoms. The van der Waals surface area contributed by atoms with Gasteiger partial charge in [0.05, 0.1) is 0 Å². The molecule has 0 aromatic heterocycles. The van der Waals surface area contributed by atoms with Gasteiger partial charge in [-0.2, -0.15) is 0 Å². The first kappa shape index (κ1) is 17.2. The van der Waals surface area contributed by atoms with Gasteiger partial charge in [-0.15, -0.1) is 0 Å². The van der Waals surface area contributed by atoms with Crippen LogP contribution in [0.3, 0.4) is 0 Å². The molecule has 5 aliphatic rings. The molecule has 5 fully saturated rings. The number of esters is 1. The molecule has 3 unspecified atom stereocenters. The van der Waals surface area contributed by atoms with E-state index in [4.69, 9.17) is 14.2 Å². The Hall–Kier alpha value is -1.26. The van der Waals surface area contributed by atoms with E-state index >= 15 is 0 Å². The van der Waals surface area contributed by atoms with Gasteiger partial charge in [-0.25, -0.2) is 4.79 Å². The summed E-state index contributed by atoms with van der Waals surface area (Å²) in [5, 5.41) is 0. The van der Waals surface area contributed by atoms with Gasteiger partial charge in [-0.05, 0) is 83.0 Å². The van der Waals surface area contributed by atoms with Crippen LogP contribution < -0.4 is 0 Å². The van der Waals surface area contributed by atoms with E-state index in [1.807, 2.05) is 13.8 Å². The minimum Gasteiger partial charge on any atom is -0.458 e. The van der Waals surface area contributed by atoms with Gasteiger partial charge < -0.3 is 14.2 Å². The Morgan fingerprint density at radius 1 is 1.16 bits per heavy atom. The van der Waals surface area contributed by atoms with Crippen LogP contribution in [0.1, 0.15) is 66.2 Å². The van der Waals surface area contributed by atoms with E-state index < -0.39 is 23.8 Å². The third-order valence-corrected chi connectivity index (χ3v) is 7.83. The Morgan fingerprint density at radius 3 is 2.16 bits per heavy atom. The van der Waals surface area contributed by atoms with Gasteiger partial charge in [0.15, 0.2) is 6.10 Å². The van der Waals surface area contributed by atoms with Gasteiger partial charge in [-0.3, -0.25) is 4.79 Å². The van der Waals surface area contributed by atoms with Crippen LogP contribution in [0.15, 0.2) is 0 Å². The van der Waals surface area contributed by atoms with Gasteiger partial charge in [-0.1, -0.05) is 6.92 Å². The standard InChI is InChI=1S/C20H30O5/c1-5-19(3,16-11(2)23-18(22)24-16)17(21)25-20(4)14-7-12-6-13(9-14)10-15(20)8-12/h11-16H,5-10H2,1-4H3. The Morgan fingerprint density at radius 2 is 1.72 bits per heavy atom. The predicted molar refractivity (Wildman–Crippen MR) is 90.8 cm³/mol. The maximum absolute atomic E-state index is 13.3. The van der Waals surface area contributed by atoms with Crippen LogP contribution in [0.4, 0.5) is 4.79 Å². The highest BCUT2D eigenvalue weighted by molar-refractivity contribution is 5.79. The van der Waals surface area contributed by atoms with Crippen molar-refractivity contribution < 1.29 is 23.8 Å². The van der Waals surface area contributed by atoms with E-state index in [9.17, 15) is 9.59 Å². The normalized spacial score (nSPS) is 47.1. The molecule has 5 heteroatoms. The minimum absolute atomic E-state index is 0.236. The number of hydrogen-bond donors (Lipinski definition) is 0. The van der Waals surface area contributed by atoms with E-state index in [0.29, 0.717) is 18.3 Å². The summed E-state index contributed by atoms with van der Waals surface area (Å²) in [5.74, 6) is 2.38. The van der Waals surface area contributed by atoms with E-state index in [-0.39, 0.29) is 11.6 Å². The van der Waals surface area contributed by atoms with Crippen LogP contribution in [-0.2, 0) is 19.0 Å². The Balaban J connectivity index is 1.55. The lowest BCUT2D eigenvalue weighted by Crippen LogP contribution is -2.59. The summed E-state index contributed by atoms with van der Waals surface area (Å²) in [4.78, 5) is 24.8. The molecule has 140 valence electrons. The first-order valence-corrected chi connectivity index (χ1v) is 9.87. The molecule has 1 heterocycles. The van der Waals surface area contributed by atoms with Crippen LogP contribution in [0.2, 0.25) is 0 Å². The van der Waals surface area contributed by atoms with Gasteiger partial charge in [0, 0.05) is 0 Å². The van der Waals surface area contributed by atoms with Crippen molar-refractivity contribution in [2.45, 2.75) is 84.0 Å². The molecule has 0 N–H and O–H groups in total. The molecule has 25 heavy (non-hydrogen) atoms. The molecule has 1 aliphatic heterocycles. The van der Waals surface area contributed by atoms with Crippen LogP contribution in [0, 0.1) is 29.1 Å². The zero-order chi connectivity index (χ0) is 18.0.